The molecule has 1 N–H and O–H groups in total. The summed E-state index contributed by atoms with van der Waals surface area (Å²) in [6, 6.07) is 11.4. The fourth-order valence-electron chi connectivity index (χ4n) is 3.16. The smallest absolute Gasteiger partial charge is 0.241 e. The van der Waals surface area contributed by atoms with Crippen LogP contribution in [0.15, 0.2) is 36.4 Å². The summed E-state index contributed by atoms with van der Waals surface area (Å²) in [5.74, 6) is -0.323. The number of hydrogen-bond donors (Lipinski definition) is 1. The SMILES string of the molecule is CC[C@@H](NC(=O)CN(c1cccc(C)c1C)S(C)(=O)=O)c1ccc(C)c(C)c1. The second-order valence-corrected chi connectivity index (χ2v) is 9.27. The van der Waals surface area contributed by atoms with E-state index in [-0.39, 0.29) is 18.5 Å². The van der Waals surface area contributed by atoms with Gasteiger partial charge in [0.25, 0.3) is 0 Å². The van der Waals surface area contributed by atoms with Crippen molar-refractivity contribution in [2.24, 2.45) is 0 Å². The van der Waals surface area contributed by atoms with E-state index in [9.17, 15) is 13.2 Å². The number of nitrogens with zero attached hydrogens (tertiary/aromatic N) is 1. The van der Waals surface area contributed by atoms with E-state index in [1.54, 1.807) is 12.1 Å². The van der Waals surface area contributed by atoms with Gasteiger partial charge >= 0.3 is 0 Å². The second kappa shape index (κ2) is 8.78. The first-order valence-electron chi connectivity index (χ1n) is 9.45. The molecule has 1 amide bonds. The van der Waals surface area contributed by atoms with Gasteiger partial charge in [-0.25, -0.2) is 8.42 Å². The quantitative estimate of drug-likeness (QED) is 0.762. The standard InChI is InChI=1S/C22H30N2O3S/c1-7-20(19-12-11-15(2)17(4)13-19)23-22(25)14-24(28(6,26)27)21-10-8-9-16(3)18(21)5/h8-13,20H,7,14H2,1-6H3,(H,23,25)/t20-/m1/s1. The highest BCUT2D eigenvalue weighted by Gasteiger charge is 2.24. The number of nitrogens with one attached hydrogen (secondary N) is 1. The number of carbonyl (C=O) groups excluding carboxylic acids is 1. The minimum atomic E-state index is -3.60. The van der Waals surface area contributed by atoms with Gasteiger partial charge < -0.3 is 5.32 Å². The molecule has 0 aliphatic rings. The van der Waals surface area contributed by atoms with Gasteiger partial charge in [-0.3, -0.25) is 9.10 Å². The van der Waals surface area contributed by atoms with Gasteiger partial charge in [0.15, 0.2) is 0 Å². The summed E-state index contributed by atoms with van der Waals surface area (Å²) in [5.41, 5.74) is 5.75. The number of carbonyl (C=O) groups is 1. The molecule has 2 aromatic rings. The van der Waals surface area contributed by atoms with Crippen LogP contribution in [-0.4, -0.2) is 27.1 Å². The minimum absolute atomic E-state index is 0.160. The molecule has 0 unspecified atom stereocenters. The largest absolute Gasteiger partial charge is 0.348 e. The highest BCUT2D eigenvalue weighted by Crippen LogP contribution is 2.25. The molecule has 0 spiro atoms. The summed E-state index contributed by atoms with van der Waals surface area (Å²) < 4.78 is 25.9. The third-order valence-corrected chi connectivity index (χ3v) is 6.34. The van der Waals surface area contributed by atoms with Crippen LogP contribution in [0.1, 0.15) is 47.2 Å². The molecule has 5 nitrogen and oxygen atoms in total. The van der Waals surface area contributed by atoms with Gasteiger partial charge in [-0.05, 0) is 68.0 Å². The van der Waals surface area contributed by atoms with Gasteiger partial charge in [-0.15, -0.1) is 0 Å². The minimum Gasteiger partial charge on any atom is -0.348 e. The number of sulfonamides is 1. The normalized spacial score (nSPS) is 12.5. The Kier molecular flexibility index (Phi) is 6.88. The zero-order valence-corrected chi connectivity index (χ0v) is 18.4. The fourth-order valence-corrected chi connectivity index (χ4v) is 4.07. The maximum atomic E-state index is 12.7. The molecule has 2 aromatic carbocycles. The second-order valence-electron chi connectivity index (χ2n) is 7.36. The van der Waals surface area contributed by atoms with E-state index >= 15 is 0 Å². The average Bonchev–Trinajstić information content (AvgIpc) is 2.62. The molecular formula is C22H30N2O3S. The molecule has 0 fully saturated rings. The van der Waals surface area contributed by atoms with Crippen LogP contribution >= 0.6 is 0 Å². The Morgan fingerprint density at radius 1 is 1.04 bits per heavy atom. The molecule has 0 saturated heterocycles. The Labute approximate surface area is 168 Å². The Balaban J connectivity index is 2.26. The first kappa shape index (κ1) is 22.0. The first-order valence-corrected chi connectivity index (χ1v) is 11.3. The first-order chi connectivity index (χ1) is 13.0. The summed E-state index contributed by atoms with van der Waals surface area (Å²) >= 11 is 0. The molecule has 0 aliphatic heterocycles. The van der Waals surface area contributed by atoms with Crippen molar-refractivity contribution in [3.05, 3.63) is 64.2 Å². The lowest BCUT2D eigenvalue weighted by atomic mass is 9.99. The van der Waals surface area contributed by atoms with E-state index in [0.717, 1.165) is 29.4 Å². The zero-order valence-electron chi connectivity index (χ0n) is 17.5. The van der Waals surface area contributed by atoms with Crippen LogP contribution in [0.4, 0.5) is 5.69 Å². The van der Waals surface area contributed by atoms with E-state index in [1.807, 2.05) is 52.8 Å². The Bertz CT molecular complexity index is 968. The van der Waals surface area contributed by atoms with Gasteiger partial charge in [0.05, 0.1) is 18.0 Å². The van der Waals surface area contributed by atoms with Crippen molar-refractivity contribution < 1.29 is 13.2 Å². The number of rotatable bonds is 7. The van der Waals surface area contributed by atoms with Crippen molar-refractivity contribution in [3.8, 4) is 0 Å². The molecule has 0 radical (unpaired) electrons. The van der Waals surface area contributed by atoms with Gasteiger partial charge in [-0.1, -0.05) is 37.3 Å². The van der Waals surface area contributed by atoms with Gasteiger partial charge in [0, 0.05) is 0 Å². The van der Waals surface area contributed by atoms with Gasteiger partial charge in [0.2, 0.25) is 15.9 Å². The third-order valence-electron chi connectivity index (χ3n) is 5.21. The number of benzene rings is 2. The third kappa shape index (κ3) is 5.13. The predicted octanol–water partition coefficient (Wildman–Crippen LogP) is 3.95. The molecule has 152 valence electrons. The maximum Gasteiger partial charge on any atom is 0.241 e. The van der Waals surface area contributed by atoms with E-state index in [0.29, 0.717) is 5.69 Å². The van der Waals surface area contributed by atoms with Crippen molar-refractivity contribution in [2.75, 3.05) is 17.1 Å². The lowest BCUT2D eigenvalue weighted by Crippen LogP contribution is -2.41. The van der Waals surface area contributed by atoms with Crippen LogP contribution in [0, 0.1) is 27.7 Å². The molecule has 6 heteroatoms. The zero-order chi connectivity index (χ0) is 21.1. The Hall–Kier alpha value is -2.34. The van der Waals surface area contributed by atoms with Crippen molar-refractivity contribution in [1.82, 2.24) is 5.32 Å². The van der Waals surface area contributed by atoms with Crippen molar-refractivity contribution >= 4 is 21.6 Å². The van der Waals surface area contributed by atoms with E-state index in [4.69, 9.17) is 0 Å². The summed E-state index contributed by atoms with van der Waals surface area (Å²) in [7, 11) is -3.60. The highest BCUT2D eigenvalue weighted by molar-refractivity contribution is 7.92. The molecule has 0 saturated carbocycles. The van der Waals surface area contributed by atoms with Crippen molar-refractivity contribution in [2.45, 2.75) is 47.1 Å². The monoisotopic (exact) mass is 402 g/mol. The molecule has 1 atom stereocenters. The lowest BCUT2D eigenvalue weighted by Gasteiger charge is -2.26. The summed E-state index contributed by atoms with van der Waals surface area (Å²) in [4.78, 5) is 12.7. The number of aryl methyl sites for hydroxylation is 3. The molecule has 2 rings (SSSR count). The molecular weight excluding hydrogens is 372 g/mol. The van der Waals surface area contributed by atoms with Crippen LogP contribution < -0.4 is 9.62 Å². The summed E-state index contributed by atoms with van der Waals surface area (Å²) in [5, 5.41) is 2.99. The van der Waals surface area contributed by atoms with E-state index in [1.165, 1.54) is 15.4 Å². The average molecular weight is 403 g/mol. The van der Waals surface area contributed by atoms with Gasteiger partial charge in [0.1, 0.15) is 6.54 Å². The summed E-state index contributed by atoms with van der Waals surface area (Å²) in [6.07, 6.45) is 1.85. The maximum absolute atomic E-state index is 12.7. The predicted molar refractivity (Wildman–Crippen MR) is 115 cm³/mol. The van der Waals surface area contributed by atoms with Gasteiger partial charge in [-0.2, -0.15) is 0 Å². The van der Waals surface area contributed by atoms with Crippen LogP contribution in [0.3, 0.4) is 0 Å². The molecule has 0 heterocycles. The van der Waals surface area contributed by atoms with E-state index < -0.39 is 10.0 Å². The molecule has 0 aliphatic carbocycles. The van der Waals surface area contributed by atoms with Crippen LogP contribution in [0.5, 0.6) is 0 Å². The van der Waals surface area contributed by atoms with Crippen LogP contribution in [0.25, 0.3) is 0 Å². The fraction of sp³-hybridized carbons (Fsp3) is 0.409. The lowest BCUT2D eigenvalue weighted by molar-refractivity contribution is -0.120. The number of hydrogen-bond acceptors (Lipinski definition) is 3. The van der Waals surface area contributed by atoms with Crippen molar-refractivity contribution in [3.63, 3.8) is 0 Å². The number of amides is 1. The van der Waals surface area contributed by atoms with Crippen molar-refractivity contribution in [1.29, 1.82) is 0 Å². The number of anilines is 1. The molecule has 28 heavy (non-hydrogen) atoms. The van der Waals surface area contributed by atoms with Crippen LogP contribution in [0.2, 0.25) is 0 Å². The topological polar surface area (TPSA) is 66.5 Å². The van der Waals surface area contributed by atoms with Crippen LogP contribution in [-0.2, 0) is 14.8 Å². The molecule has 0 bridgehead atoms. The van der Waals surface area contributed by atoms with E-state index in [2.05, 4.69) is 11.4 Å². The summed E-state index contributed by atoms with van der Waals surface area (Å²) in [6.45, 7) is 9.63. The Morgan fingerprint density at radius 3 is 2.29 bits per heavy atom. The Morgan fingerprint density at radius 2 is 1.71 bits per heavy atom. The highest BCUT2D eigenvalue weighted by atomic mass is 32.2. The molecule has 0 aromatic heterocycles.